The second-order valence-electron chi connectivity index (χ2n) is 6.37. The monoisotopic (exact) mass is 319 g/mol. The van der Waals surface area contributed by atoms with Gasteiger partial charge in [-0.2, -0.15) is 0 Å². The molecule has 2 heterocycles. The molecule has 6 heteroatoms. The maximum absolute atomic E-state index is 9.98. The third kappa shape index (κ3) is 3.37. The number of nitrogens with one attached hydrogen (secondary N) is 1. The highest BCUT2D eigenvalue weighted by Crippen LogP contribution is 2.38. The van der Waals surface area contributed by atoms with Crippen LogP contribution in [0.2, 0.25) is 0 Å². The van der Waals surface area contributed by atoms with Gasteiger partial charge in [0, 0.05) is 44.3 Å². The third-order valence-corrected chi connectivity index (χ3v) is 4.86. The first kappa shape index (κ1) is 15.9. The van der Waals surface area contributed by atoms with Crippen LogP contribution in [0.15, 0.2) is 23.2 Å². The van der Waals surface area contributed by atoms with Gasteiger partial charge in [-0.15, -0.1) is 0 Å². The topological polar surface area (TPSA) is 66.3 Å². The number of likely N-dealkylation sites (tertiary alicyclic amines) is 1. The molecule has 0 aliphatic carbocycles. The van der Waals surface area contributed by atoms with Gasteiger partial charge in [0.2, 0.25) is 0 Å². The minimum Gasteiger partial charge on any atom is -0.508 e. The molecular weight excluding hydrogens is 294 g/mol. The first-order valence-corrected chi connectivity index (χ1v) is 8.05. The second kappa shape index (κ2) is 6.66. The summed E-state index contributed by atoms with van der Waals surface area (Å²) in [6, 6.07) is 5.24. The molecule has 1 aromatic carbocycles. The summed E-state index contributed by atoms with van der Waals surface area (Å²) in [6.45, 7) is 4.22. The van der Waals surface area contributed by atoms with Crippen molar-refractivity contribution >= 4 is 5.96 Å². The van der Waals surface area contributed by atoms with Gasteiger partial charge in [-0.1, -0.05) is 0 Å². The fourth-order valence-electron chi connectivity index (χ4n) is 3.42. The summed E-state index contributed by atoms with van der Waals surface area (Å²) in [5.74, 6) is 1.87. The second-order valence-corrected chi connectivity index (χ2v) is 6.37. The summed E-state index contributed by atoms with van der Waals surface area (Å²) < 4.78 is 10.8. The molecule has 0 saturated carbocycles. The van der Waals surface area contributed by atoms with E-state index in [-0.39, 0.29) is 5.75 Å². The number of hydrogen-bond acceptors (Lipinski definition) is 4. The van der Waals surface area contributed by atoms with E-state index in [0.29, 0.717) is 12.0 Å². The average molecular weight is 319 g/mol. The standard InChI is InChI=1S/C17H25N3O3/c1-18-16(20-7-5-17(11-20)6-8-23-12-17)19-10-13-9-14(22-2)3-4-15(13)21/h3-4,9,21H,5-8,10-12H2,1-2H3,(H,18,19). The average Bonchev–Trinajstić information content (AvgIpc) is 3.20. The van der Waals surface area contributed by atoms with Crippen molar-refractivity contribution in [3.05, 3.63) is 23.8 Å². The Morgan fingerprint density at radius 3 is 3.04 bits per heavy atom. The van der Waals surface area contributed by atoms with E-state index in [0.717, 1.165) is 56.4 Å². The number of rotatable bonds is 3. The lowest BCUT2D eigenvalue weighted by atomic mass is 9.87. The molecule has 0 radical (unpaired) electrons. The maximum Gasteiger partial charge on any atom is 0.193 e. The van der Waals surface area contributed by atoms with E-state index in [2.05, 4.69) is 15.2 Å². The van der Waals surface area contributed by atoms with E-state index in [1.54, 1.807) is 26.3 Å². The fraction of sp³-hybridized carbons (Fsp3) is 0.588. The molecule has 2 N–H and O–H groups in total. The zero-order valence-corrected chi connectivity index (χ0v) is 13.8. The number of hydrogen-bond donors (Lipinski definition) is 2. The van der Waals surface area contributed by atoms with E-state index < -0.39 is 0 Å². The van der Waals surface area contributed by atoms with Crippen molar-refractivity contribution in [2.24, 2.45) is 10.4 Å². The van der Waals surface area contributed by atoms with E-state index >= 15 is 0 Å². The minimum absolute atomic E-state index is 0.260. The summed E-state index contributed by atoms with van der Waals surface area (Å²) in [5.41, 5.74) is 1.10. The van der Waals surface area contributed by atoms with Gasteiger partial charge in [-0.05, 0) is 31.0 Å². The number of aliphatic imine (C=N–C) groups is 1. The number of ether oxygens (including phenoxy) is 2. The zero-order chi connectivity index (χ0) is 16.3. The van der Waals surface area contributed by atoms with Gasteiger partial charge in [-0.3, -0.25) is 4.99 Å². The molecule has 126 valence electrons. The Bertz CT molecular complexity index is 582. The number of methoxy groups -OCH3 is 1. The van der Waals surface area contributed by atoms with Crippen molar-refractivity contribution in [1.82, 2.24) is 10.2 Å². The molecule has 1 spiro atoms. The number of guanidine groups is 1. The highest BCUT2D eigenvalue weighted by molar-refractivity contribution is 5.80. The van der Waals surface area contributed by atoms with E-state index in [4.69, 9.17) is 9.47 Å². The quantitative estimate of drug-likeness (QED) is 0.654. The van der Waals surface area contributed by atoms with Gasteiger partial charge in [0.05, 0.1) is 13.7 Å². The van der Waals surface area contributed by atoms with Gasteiger partial charge >= 0.3 is 0 Å². The van der Waals surface area contributed by atoms with Crippen molar-refractivity contribution in [1.29, 1.82) is 0 Å². The number of aromatic hydroxyl groups is 1. The molecule has 3 rings (SSSR count). The van der Waals surface area contributed by atoms with Crippen LogP contribution in [0.1, 0.15) is 18.4 Å². The maximum atomic E-state index is 9.98. The van der Waals surface area contributed by atoms with Crippen molar-refractivity contribution < 1.29 is 14.6 Å². The van der Waals surface area contributed by atoms with Crippen molar-refractivity contribution in [3.63, 3.8) is 0 Å². The highest BCUT2D eigenvalue weighted by atomic mass is 16.5. The van der Waals surface area contributed by atoms with Crippen LogP contribution in [-0.2, 0) is 11.3 Å². The summed E-state index contributed by atoms with van der Waals surface area (Å²) >= 11 is 0. The predicted molar refractivity (Wildman–Crippen MR) is 88.9 cm³/mol. The lowest BCUT2D eigenvalue weighted by molar-refractivity contribution is 0.156. The van der Waals surface area contributed by atoms with Crippen molar-refractivity contribution in [2.45, 2.75) is 19.4 Å². The van der Waals surface area contributed by atoms with Crippen molar-refractivity contribution in [2.75, 3.05) is 40.5 Å². The minimum atomic E-state index is 0.260. The lowest BCUT2D eigenvalue weighted by Crippen LogP contribution is -2.41. The largest absolute Gasteiger partial charge is 0.508 e. The SMILES string of the molecule is CN=C(NCc1cc(OC)ccc1O)N1CCC2(CCOC2)C1. The molecule has 1 atom stereocenters. The molecule has 2 fully saturated rings. The molecule has 1 unspecified atom stereocenters. The summed E-state index contributed by atoms with van der Waals surface area (Å²) in [4.78, 5) is 6.67. The van der Waals surface area contributed by atoms with Crippen LogP contribution < -0.4 is 10.1 Å². The predicted octanol–water partition coefficient (Wildman–Crippen LogP) is 1.59. The van der Waals surface area contributed by atoms with Crippen LogP contribution in [0.3, 0.4) is 0 Å². The van der Waals surface area contributed by atoms with Gasteiger partial charge in [0.15, 0.2) is 5.96 Å². The van der Waals surface area contributed by atoms with Crippen LogP contribution >= 0.6 is 0 Å². The van der Waals surface area contributed by atoms with Crippen LogP contribution in [0.5, 0.6) is 11.5 Å². The Kier molecular flexibility index (Phi) is 4.61. The Morgan fingerprint density at radius 1 is 1.48 bits per heavy atom. The van der Waals surface area contributed by atoms with Crippen LogP contribution in [0.4, 0.5) is 0 Å². The molecule has 1 aromatic rings. The number of nitrogens with zero attached hydrogens (tertiary/aromatic N) is 2. The molecular formula is C17H25N3O3. The Morgan fingerprint density at radius 2 is 2.35 bits per heavy atom. The highest BCUT2D eigenvalue weighted by Gasteiger charge is 2.42. The summed E-state index contributed by atoms with van der Waals surface area (Å²) in [6.07, 6.45) is 2.29. The first-order valence-electron chi connectivity index (χ1n) is 8.05. The Hall–Kier alpha value is -1.95. The van der Waals surface area contributed by atoms with Gasteiger partial charge in [0.25, 0.3) is 0 Å². The van der Waals surface area contributed by atoms with Gasteiger partial charge in [-0.25, -0.2) is 0 Å². The molecule has 0 aromatic heterocycles. The Balaban J connectivity index is 1.62. The van der Waals surface area contributed by atoms with E-state index in [9.17, 15) is 5.11 Å². The third-order valence-electron chi connectivity index (χ3n) is 4.86. The first-order chi connectivity index (χ1) is 11.2. The van der Waals surface area contributed by atoms with E-state index in [1.165, 1.54) is 0 Å². The van der Waals surface area contributed by atoms with Gasteiger partial charge < -0.3 is 24.8 Å². The lowest BCUT2D eigenvalue weighted by Gasteiger charge is -2.25. The van der Waals surface area contributed by atoms with Crippen LogP contribution in [0, 0.1) is 5.41 Å². The molecule has 23 heavy (non-hydrogen) atoms. The fourth-order valence-corrected chi connectivity index (χ4v) is 3.42. The van der Waals surface area contributed by atoms with E-state index in [1.807, 2.05) is 6.07 Å². The normalized spacial score (nSPS) is 24.4. The smallest absolute Gasteiger partial charge is 0.193 e. The number of benzene rings is 1. The molecule has 0 amide bonds. The molecule has 2 aliphatic heterocycles. The van der Waals surface area contributed by atoms with Crippen LogP contribution in [0.25, 0.3) is 0 Å². The zero-order valence-electron chi connectivity index (χ0n) is 13.8. The molecule has 2 aliphatic rings. The summed E-state index contributed by atoms with van der Waals surface area (Å²) in [7, 11) is 3.42. The van der Waals surface area contributed by atoms with Gasteiger partial charge in [0.1, 0.15) is 11.5 Å². The molecule has 6 nitrogen and oxygen atoms in total. The van der Waals surface area contributed by atoms with Crippen LogP contribution in [-0.4, -0.2) is 56.4 Å². The van der Waals surface area contributed by atoms with Crippen molar-refractivity contribution in [3.8, 4) is 11.5 Å². The summed E-state index contributed by atoms with van der Waals surface area (Å²) in [5, 5.41) is 13.3. The Labute approximate surface area is 137 Å². The molecule has 0 bridgehead atoms. The number of phenolic OH excluding ortho intramolecular Hbond substituents is 1. The molecule has 2 saturated heterocycles. The number of phenols is 1.